The predicted octanol–water partition coefficient (Wildman–Crippen LogP) is 3.76. The molecule has 1 saturated carbocycles. The van der Waals surface area contributed by atoms with Crippen molar-refractivity contribution in [1.82, 2.24) is 0 Å². The fraction of sp³-hybridized carbons (Fsp3) is 0.571. The first-order chi connectivity index (χ1) is 7.27. The van der Waals surface area contributed by atoms with Gasteiger partial charge >= 0.3 is 0 Å². The van der Waals surface area contributed by atoms with E-state index in [1.165, 1.54) is 25.7 Å². The normalized spacial score (nSPS) is 19.3. The van der Waals surface area contributed by atoms with Gasteiger partial charge in [-0.25, -0.2) is 0 Å². The monoisotopic (exact) mass is 204 g/mol. The van der Waals surface area contributed by atoms with E-state index in [2.05, 4.69) is 6.92 Å². The zero-order valence-electron chi connectivity index (χ0n) is 9.45. The van der Waals surface area contributed by atoms with Crippen LogP contribution in [0.4, 0.5) is 0 Å². The third-order valence-electron chi connectivity index (χ3n) is 3.74. The van der Waals surface area contributed by atoms with Crippen molar-refractivity contribution in [1.29, 1.82) is 0 Å². The van der Waals surface area contributed by atoms with Crippen molar-refractivity contribution in [3.63, 3.8) is 0 Å². The molecule has 1 aliphatic carbocycles. The van der Waals surface area contributed by atoms with Gasteiger partial charge in [0.05, 0.1) is 0 Å². The molecule has 0 radical (unpaired) electrons. The lowest BCUT2D eigenvalue weighted by molar-refractivity contribution is 0.359. The zero-order valence-corrected chi connectivity index (χ0v) is 9.45. The van der Waals surface area contributed by atoms with E-state index in [-0.39, 0.29) is 0 Å². The van der Waals surface area contributed by atoms with E-state index in [1.807, 2.05) is 18.2 Å². The first-order valence-corrected chi connectivity index (χ1v) is 6.04. The van der Waals surface area contributed by atoms with Crippen molar-refractivity contribution in [2.75, 3.05) is 0 Å². The van der Waals surface area contributed by atoms with Crippen molar-refractivity contribution in [2.45, 2.75) is 39.0 Å². The van der Waals surface area contributed by atoms with Gasteiger partial charge in [-0.15, -0.1) is 0 Å². The summed E-state index contributed by atoms with van der Waals surface area (Å²) < 4.78 is 0. The van der Waals surface area contributed by atoms with E-state index in [4.69, 9.17) is 0 Å². The molecular formula is C14H20O. The van der Waals surface area contributed by atoms with Crippen LogP contribution in [-0.2, 0) is 6.42 Å². The Morgan fingerprint density at radius 3 is 2.60 bits per heavy atom. The molecule has 1 N–H and O–H groups in total. The fourth-order valence-electron chi connectivity index (χ4n) is 2.72. The van der Waals surface area contributed by atoms with Crippen LogP contribution in [0.1, 0.15) is 38.2 Å². The van der Waals surface area contributed by atoms with Gasteiger partial charge < -0.3 is 5.11 Å². The van der Waals surface area contributed by atoms with Gasteiger partial charge in [-0.05, 0) is 29.9 Å². The molecule has 0 aromatic heterocycles. The van der Waals surface area contributed by atoms with Crippen LogP contribution < -0.4 is 0 Å². The van der Waals surface area contributed by atoms with Crippen LogP contribution >= 0.6 is 0 Å². The maximum Gasteiger partial charge on any atom is 0.118 e. The Hall–Kier alpha value is -0.980. The quantitative estimate of drug-likeness (QED) is 0.794. The van der Waals surface area contributed by atoms with Crippen molar-refractivity contribution in [3.8, 4) is 5.75 Å². The molecule has 0 amide bonds. The summed E-state index contributed by atoms with van der Waals surface area (Å²) in [6, 6.07) is 7.73. The number of hydrogen-bond acceptors (Lipinski definition) is 1. The standard InChI is InChI=1S/C14H20O/c1-11(12-6-2-3-7-12)10-13-8-4-5-9-14(13)15/h4-5,8-9,11-12,15H,2-3,6-7,10H2,1H3. The van der Waals surface area contributed by atoms with Crippen LogP contribution in [0.3, 0.4) is 0 Å². The summed E-state index contributed by atoms with van der Waals surface area (Å²) in [6.07, 6.45) is 6.59. The van der Waals surface area contributed by atoms with Crippen LogP contribution in [0.2, 0.25) is 0 Å². The zero-order chi connectivity index (χ0) is 10.7. The van der Waals surface area contributed by atoms with Crippen LogP contribution in [0.25, 0.3) is 0 Å². The lowest BCUT2D eigenvalue weighted by atomic mass is 9.87. The third-order valence-corrected chi connectivity index (χ3v) is 3.74. The van der Waals surface area contributed by atoms with Crippen molar-refractivity contribution in [2.24, 2.45) is 11.8 Å². The van der Waals surface area contributed by atoms with Gasteiger partial charge in [0.1, 0.15) is 5.75 Å². The van der Waals surface area contributed by atoms with Gasteiger partial charge in [0, 0.05) is 0 Å². The topological polar surface area (TPSA) is 20.2 Å². The molecule has 0 bridgehead atoms. The minimum Gasteiger partial charge on any atom is -0.508 e. The third kappa shape index (κ3) is 2.53. The molecule has 0 spiro atoms. The van der Waals surface area contributed by atoms with Gasteiger partial charge in [0.15, 0.2) is 0 Å². The average Bonchev–Trinajstić information content (AvgIpc) is 2.74. The molecule has 1 heteroatoms. The first kappa shape index (κ1) is 10.5. The minimum atomic E-state index is 0.461. The highest BCUT2D eigenvalue weighted by molar-refractivity contribution is 5.32. The van der Waals surface area contributed by atoms with Gasteiger partial charge in [-0.3, -0.25) is 0 Å². The Labute approximate surface area is 92.1 Å². The smallest absolute Gasteiger partial charge is 0.118 e. The molecule has 0 saturated heterocycles. The highest BCUT2D eigenvalue weighted by Crippen LogP contribution is 2.34. The van der Waals surface area contributed by atoms with Crippen molar-refractivity contribution in [3.05, 3.63) is 29.8 Å². The Morgan fingerprint density at radius 2 is 1.93 bits per heavy atom. The van der Waals surface area contributed by atoms with Crippen LogP contribution in [-0.4, -0.2) is 5.11 Å². The number of rotatable bonds is 3. The Kier molecular flexibility index (Phi) is 3.30. The summed E-state index contributed by atoms with van der Waals surface area (Å²) in [5.74, 6) is 2.05. The number of hydrogen-bond donors (Lipinski definition) is 1. The summed E-state index contributed by atoms with van der Waals surface area (Å²) in [5.41, 5.74) is 1.11. The molecular weight excluding hydrogens is 184 g/mol. The fourth-order valence-corrected chi connectivity index (χ4v) is 2.72. The SMILES string of the molecule is CC(Cc1ccccc1O)C1CCCC1. The van der Waals surface area contributed by atoms with Gasteiger partial charge in [0.2, 0.25) is 0 Å². The molecule has 1 fully saturated rings. The van der Waals surface area contributed by atoms with E-state index < -0.39 is 0 Å². The molecule has 82 valence electrons. The summed E-state index contributed by atoms with van der Waals surface area (Å²) >= 11 is 0. The summed E-state index contributed by atoms with van der Waals surface area (Å²) in [4.78, 5) is 0. The Morgan fingerprint density at radius 1 is 1.27 bits per heavy atom. The van der Waals surface area contributed by atoms with E-state index in [1.54, 1.807) is 6.07 Å². The van der Waals surface area contributed by atoms with E-state index in [9.17, 15) is 5.11 Å². The van der Waals surface area contributed by atoms with Crippen molar-refractivity contribution >= 4 is 0 Å². The van der Waals surface area contributed by atoms with Gasteiger partial charge in [0.25, 0.3) is 0 Å². The van der Waals surface area contributed by atoms with Crippen LogP contribution in [0.15, 0.2) is 24.3 Å². The second-order valence-corrected chi connectivity index (χ2v) is 4.85. The Bertz CT molecular complexity index is 313. The maximum atomic E-state index is 9.70. The predicted molar refractivity (Wildman–Crippen MR) is 62.9 cm³/mol. The molecule has 1 aromatic carbocycles. The molecule has 2 rings (SSSR count). The number of aromatic hydroxyl groups is 1. The number of phenols is 1. The van der Waals surface area contributed by atoms with E-state index in [0.29, 0.717) is 11.7 Å². The lowest BCUT2D eigenvalue weighted by Crippen LogP contribution is -2.10. The van der Waals surface area contributed by atoms with Crippen LogP contribution in [0, 0.1) is 11.8 Å². The molecule has 0 aliphatic heterocycles. The number of phenolic OH excluding ortho intramolecular Hbond substituents is 1. The molecule has 1 unspecified atom stereocenters. The van der Waals surface area contributed by atoms with Gasteiger partial charge in [-0.2, -0.15) is 0 Å². The summed E-state index contributed by atoms with van der Waals surface area (Å²) in [5, 5.41) is 9.70. The van der Waals surface area contributed by atoms with Crippen molar-refractivity contribution < 1.29 is 5.11 Å². The maximum absolute atomic E-state index is 9.70. The van der Waals surface area contributed by atoms with Gasteiger partial charge in [-0.1, -0.05) is 50.8 Å². The summed E-state index contributed by atoms with van der Waals surface area (Å²) in [6.45, 7) is 2.32. The number of benzene rings is 1. The van der Waals surface area contributed by atoms with E-state index in [0.717, 1.165) is 17.9 Å². The lowest BCUT2D eigenvalue weighted by Gasteiger charge is -2.19. The molecule has 1 atom stereocenters. The highest BCUT2D eigenvalue weighted by Gasteiger charge is 2.22. The second-order valence-electron chi connectivity index (χ2n) is 4.85. The minimum absolute atomic E-state index is 0.461. The second kappa shape index (κ2) is 4.69. The van der Waals surface area contributed by atoms with E-state index >= 15 is 0 Å². The first-order valence-electron chi connectivity index (χ1n) is 6.04. The molecule has 1 nitrogen and oxygen atoms in total. The van der Waals surface area contributed by atoms with Crippen LogP contribution in [0.5, 0.6) is 5.75 Å². The molecule has 15 heavy (non-hydrogen) atoms. The summed E-state index contributed by atoms with van der Waals surface area (Å²) in [7, 11) is 0. The average molecular weight is 204 g/mol. The number of para-hydroxylation sites is 1. The largest absolute Gasteiger partial charge is 0.508 e. The molecule has 1 aliphatic rings. The molecule has 0 heterocycles. The Balaban J connectivity index is 1.99. The molecule has 1 aromatic rings. The highest BCUT2D eigenvalue weighted by atomic mass is 16.3.